The Morgan fingerprint density at radius 2 is 2.13 bits per heavy atom. The lowest BCUT2D eigenvalue weighted by Gasteiger charge is -2.18. The summed E-state index contributed by atoms with van der Waals surface area (Å²) >= 11 is 0. The van der Waals surface area contributed by atoms with Crippen LogP contribution < -0.4 is 11.2 Å². The van der Waals surface area contributed by atoms with E-state index in [9.17, 15) is 32.7 Å². The van der Waals surface area contributed by atoms with Gasteiger partial charge in [0.15, 0.2) is 5.76 Å². The number of hydrogen-bond donors (Lipinski definition) is 1. The van der Waals surface area contributed by atoms with E-state index in [1.165, 1.54) is 6.07 Å². The van der Waals surface area contributed by atoms with Crippen LogP contribution in [-0.2, 0) is 15.7 Å². The van der Waals surface area contributed by atoms with Crippen molar-refractivity contribution in [2.24, 2.45) is 0 Å². The van der Waals surface area contributed by atoms with Crippen LogP contribution in [0, 0.1) is 11.8 Å². The van der Waals surface area contributed by atoms with Crippen LogP contribution in [0.4, 0.5) is 13.2 Å². The molecule has 1 fully saturated rings. The molecule has 0 spiro atoms. The largest absolute Gasteiger partial charge is 0.459 e. The SMILES string of the molecule is CC#CCO[C@H]1C[C@H](n2cc(C(F)(F)F)c(=O)n(C(=O)c3ccco3)c2=O)O[C@@H]1CO. The molecule has 2 aromatic heterocycles. The van der Waals surface area contributed by atoms with Crippen molar-refractivity contribution in [3.8, 4) is 11.8 Å². The number of alkyl halides is 3. The minimum atomic E-state index is -5.15. The molecule has 1 aliphatic heterocycles. The normalized spacial score (nSPS) is 21.0. The van der Waals surface area contributed by atoms with Crippen molar-refractivity contribution in [2.75, 3.05) is 13.2 Å². The standard InChI is InChI=1S/C19H17F3N2O7/c1-2-3-6-30-13-8-15(31-14(13)10-25)23-9-11(19(20,21)22)16(26)24(18(23)28)17(27)12-5-4-7-29-12/h4-5,7,9,13-15,25H,6,8,10H2,1H3/t13-,14+,15+/m0/s1. The van der Waals surface area contributed by atoms with Gasteiger partial charge in [-0.2, -0.15) is 17.7 Å². The van der Waals surface area contributed by atoms with Crippen LogP contribution >= 0.6 is 0 Å². The number of ether oxygens (including phenoxy) is 2. The molecule has 9 nitrogen and oxygen atoms in total. The van der Waals surface area contributed by atoms with E-state index in [4.69, 9.17) is 13.9 Å². The van der Waals surface area contributed by atoms with Gasteiger partial charge in [-0.1, -0.05) is 5.92 Å². The van der Waals surface area contributed by atoms with E-state index < -0.39 is 59.7 Å². The van der Waals surface area contributed by atoms with Crippen molar-refractivity contribution in [3.63, 3.8) is 0 Å². The van der Waals surface area contributed by atoms with Crippen molar-refractivity contribution in [1.29, 1.82) is 0 Å². The highest BCUT2D eigenvalue weighted by atomic mass is 19.4. The molecule has 1 saturated heterocycles. The van der Waals surface area contributed by atoms with E-state index in [0.29, 0.717) is 10.8 Å². The van der Waals surface area contributed by atoms with Crippen LogP contribution in [0.5, 0.6) is 0 Å². The monoisotopic (exact) mass is 442 g/mol. The Morgan fingerprint density at radius 1 is 1.39 bits per heavy atom. The Kier molecular flexibility index (Phi) is 6.49. The maximum absolute atomic E-state index is 13.5. The van der Waals surface area contributed by atoms with Gasteiger partial charge in [-0.3, -0.25) is 14.2 Å². The summed E-state index contributed by atoms with van der Waals surface area (Å²) in [6.07, 6.45) is -6.98. The second-order valence-electron chi connectivity index (χ2n) is 6.48. The molecule has 0 saturated carbocycles. The quantitative estimate of drug-likeness (QED) is 0.688. The molecule has 1 N–H and O–H groups in total. The minimum absolute atomic E-state index is 0.0209. The van der Waals surface area contributed by atoms with E-state index in [2.05, 4.69) is 11.8 Å². The molecule has 0 bridgehead atoms. The summed E-state index contributed by atoms with van der Waals surface area (Å²) in [6.45, 7) is 1.03. The zero-order valence-corrected chi connectivity index (χ0v) is 16.1. The number of aromatic nitrogens is 2. The number of rotatable bonds is 5. The smallest absolute Gasteiger partial charge is 0.423 e. The van der Waals surface area contributed by atoms with Crippen molar-refractivity contribution < 1.29 is 37.0 Å². The summed E-state index contributed by atoms with van der Waals surface area (Å²) in [4.78, 5) is 37.7. The maximum atomic E-state index is 13.5. The van der Waals surface area contributed by atoms with Crippen molar-refractivity contribution in [2.45, 2.75) is 38.0 Å². The average molecular weight is 442 g/mol. The molecule has 1 aliphatic rings. The lowest BCUT2D eigenvalue weighted by Crippen LogP contribution is -2.47. The molecule has 3 rings (SSSR count). The summed E-state index contributed by atoms with van der Waals surface area (Å²) in [5.41, 5.74) is -4.93. The molecular formula is C19H17F3N2O7. The molecule has 2 aromatic rings. The predicted octanol–water partition coefficient (Wildman–Crippen LogP) is 0.999. The van der Waals surface area contributed by atoms with E-state index >= 15 is 0 Å². The summed E-state index contributed by atoms with van der Waals surface area (Å²) in [6, 6.07) is 2.38. The van der Waals surface area contributed by atoms with Gasteiger partial charge in [-0.25, -0.2) is 4.79 Å². The summed E-state index contributed by atoms with van der Waals surface area (Å²) in [7, 11) is 0. The van der Waals surface area contributed by atoms with Crippen molar-refractivity contribution in [1.82, 2.24) is 9.13 Å². The van der Waals surface area contributed by atoms with Crippen molar-refractivity contribution >= 4 is 5.91 Å². The second kappa shape index (κ2) is 8.93. The van der Waals surface area contributed by atoms with Crippen LogP contribution in [0.1, 0.15) is 35.7 Å². The van der Waals surface area contributed by atoms with Crippen LogP contribution in [0.3, 0.4) is 0 Å². The molecule has 12 heteroatoms. The first-order chi connectivity index (χ1) is 14.7. The van der Waals surface area contributed by atoms with Gasteiger partial charge >= 0.3 is 17.8 Å². The van der Waals surface area contributed by atoms with Crippen LogP contribution in [0.25, 0.3) is 0 Å². The third-order valence-corrected chi connectivity index (χ3v) is 4.57. The van der Waals surface area contributed by atoms with Gasteiger partial charge in [0, 0.05) is 12.6 Å². The summed E-state index contributed by atoms with van der Waals surface area (Å²) in [5, 5.41) is 9.49. The lowest BCUT2D eigenvalue weighted by molar-refractivity contribution is -0.139. The van der Waals surface area contributed by atoms with Gasteiger partial charge in [0.2, 0.25) is 0 Å². The lowest BCUT2D eigenvalue weighted by atomic mass is 10.2. The van der Waals surface area contributed by atoms with Gasteiger partial charge in [0.1, 0.15) is 24.5 Å². The fourth-order valence-electron chi connectivity index (χ4n) is 3.09. The van der Waals surface area contributed by atoms with Gasteiger partial charge in [0.05, 0.1) is 19.0 Å². The van der Waals surface area contributed by atoms with E-state index in [1.807, 2.05) is 0 Å². The zero-order chi connectivity index (χ0) is 22.8. The van der Waals surface area contributed by atoms with Crippen molar-refractivity contribution in [3.05, 3.63) is 56.8 Å². The maximum Gasteiger partial charge on any atom is 0.423 e. The number of hydrogen-bond acceptors (Lipinski definition) is 7. The Morgan fingerprint density at radius 3 is 2.71 bits per heavy atom. The number of furan rings is 1. The molecule has 31 heavy (non-hydrogen) atoms. The minimum Gasteiger partial charge on any atom is -0.459 e. The average Bonchev–Trinajstić information content (AvgIpc) is 3.37. The van der Waals surface area contributed by atoms with Gasteiger partial charge in [-0.05, 0) is 19.1 Å². The summed E-state index contributed by atoms with van der Waals surface area (Å²) < 4.78 is 56.5. The molecule has 3 heterocycles. The Bertz CT molecular complexity index is 1120. The topological polar surface area (TPSA) is 113 Å². The van der Waals surface area contributed by atoms with Gasteiger partial charge < -0.3 is 19.0 Å². The third kappa shape index (κ3) is 4.48. The molecule has 0 aromatic carbocycles. The number of aliphatic hydroxyl groups is 1. The zero-order valence-electron chi connectivity index (χ0n) is 16.1. The first-order valence-electron chi connectivity index (χ1n) is 9.00. The number of carbonyl (C=O) groups is 1. The van der Waals surface area contributed by atoms with E-state index in [-0.39, 0.29) is 17.6 Å². The van der Waals surface area contributed by atoms with E-state index in [1.54, 1.807) is 6.92 Å². The van der Waals surface area contributed by atoms with Crippen LogP contribution in [-0.4, -0.2) is 45.6 Å². The highest BCUT2D eigenvalue weighted by molar-refractivity contribution is 5.93. The van der Waals surface area contributed by atoms with Gasteiger partial charge in [0.25, 0.3) is 5.56 Å². The second-order valence-corrected chi connectivity index (χ2v) is 6.48. The molecule has 0 unspecified atom stereocenters. The molecule has 0 radical (unpaired) electrons. The number of nitrogens with zero attached hydrogens (tertiary/aromatic N) is 2. The molecule has 0 amide bonds. The summed E-state index contributed by atoms with van der Waals surface area (Å²) in [5.74, 6) is 3.38. The fourth-order valence-corrected chi connectivity index (χ4v) is 3.09. The first-order valence-corrected chi connectivity index (χ1v) is 9.00. The number of aliphatic hydroxyl groups excluding tert-OH is 1. The Labute approximate surface area is 172 Å². The number of carbonyl (C=O) groups excluding carboxylic acids is 1. The van der Waals surface area contributed by atoms with Crippen LogP contribution in [0.15, 0.2) is 38.6 Å². The molecule has 166 valence electrons. The predicted molar refractivity (Wildman–Crippen MR) is 97.2 cm³/mol. The highest BCUT2D eigenvalue weighted by Crippen LogP contribution is 2.31. The fraction of sp³-hybridized carbons (Fsp3) is 0.421. The third-order valence-electron chi connectivity index (χ3n) is 4.57. The number of halogens is 3. The first kappa shape index (κ1) is 22.5. The van der Waals surface area contributed by atoms with Gasteiger partial charge in [-0.15, -0.1) is 5.92 Å². The van der Waals surface area contributed by atoms with Crippen LogP contribution in [0.2, 0.25) is 0 Å². The Hall–Kier alpha value is -3.14. The molecule has 3 atom stereocenters. The highest BCUT2D eigenvalue weighted by Gasteiger charge is 2.41. The Balaban J connectivity index is 2.09. The van der Waals surface area contributed by atoms with E-state index in [0.717, 1.165) is 12.3 Å². The molecular weight excluding hydrogens is 425 g/mol. The molecule has 0 aliphatic carbocycles.